The number of esters is 1. The number of rotatable bonds is 6. The van der Waals surface area contributed by atoms with Crippen molar-refractivity contribution in [2.75, 3.05) is 13.2 Å². The molecule has 1 aliphatic rings. The Labute approximate surface area is 140 Å². The molecule has 0 N–H and O–H groups in total. The number of Topliss-reactive ketones (excluding diaryl/α,β-unsaturated/α-hetero) is 1. The number of ether oxygens (including phenoxy) is 3. The molecule has 0 bridgehead atoms. The van der Waals surface area contributed by atoms with Gasteiger partial charge in [-0.15, -0.1) is 0 Å². The second-order valence-corrected chi connectivity index (χ2v) is 5.49. The zero-order valence-corrected chi connectivity index (χ0v) is 13.4. The maximum atomic E-state index is 12.0. The first-order valence-electron chi connectivity index (χ1n) is 7.79. The fourth-order valence-corrected chi connectivity index (χ4v) is 2.58. The van der Waals surface area contributed by atoms with Crippen LogP contribution < -0.4 is 9.47 Å². The van der Waals surface area contributed by atoms with Gasteiger partial charge in [0.05, 0.1) is 5.56 Å². The van der Waals surface area contributed by atoms with E-state index >= 15 is 0 Å². The highest BCUT2D eigenvalue weighted by molar-refractivity contribution is 5.96. The summed E-state index contributed by atoms with van der Waals surface area (Å²) in [4.78, 5) is 23.6. The zero-order valence-electron chi connectivity index (χ0n) is 13.4. The third-order valence-electron chi connectivity index (χ3n) is 3.76. The lowest BCUT2D eigenvalue weighted by atomic mass is 10.1. The fraction of sp³-hybridized carbons (Fsp3) is 0.263. The zero-order chi connectivity index (χ0) is 16.9. The normalized spacial score (nSPS) is 15.3. The largest absolute Gasteiger partial charge is 0.489 e. The van der Waals surface area contributed by atoms with Gasteiger partial charge in [-0.1, -0.05) is 30.3 Å². The van der Waals surface area contributed by atoms with Crippen LogP contribution in [0.25, 0.3) is 0 Å². The monoisotopic (exact) mass is 326 g/mol. The highest BCUT2D eigenvalue weighted by Crippen LogP contribution is 2.28. The fourth-order valence-electron chi connectivity index (χ4n) is 2.58. The number of ketones is 1. The van der Waals surface area contributed by atoms with Gasteiger partial charge in [-0.25, -0.2) is 4.79 Å². The third-order valence-corrected chi connectivity index (χ3v) is 3.76. The van der Waals surface area contributed by atoms with Crippen LogP contribution in [0.5, 0.6) is 11.5 Å². The molecule has 0 aromatic heterocycles. The molecule has 124 valence electrons. The summed E-state index contributed by atoms with van der Waals surface area (Å²) in [7, 11) is 0. The lowest BCUT2D eigenvalue weighted by Gasteiger charge is -2.12. The molecule has 2 aromatic carbocycles. The topological polar surface area (TPSA) is 61.8 Å². The average Bonchev–Trinajstić information content (AvgIpc) is 3.03. The van der Waals surface area contributed by atoms with Crippen LogP contribution in [0.15, 0.2) is 48.5 Å². The van der Waals surface area contributed by atoms with E-state index in [9.17, 15) is 9.59 Å². The quantitative estimate of drug-likeness (QED) is 0.464. The molecule has 1 aliphatic heterocycles. The molecule has 0 saturated carbocycles. The van der Waals surface area contributed by atoms with E-state index in [-0.39, 0.29) is 19.0 Å². The van der Waals surface area contributed by atoms with Crippen LogP contribution in [-0.4, -0.2) is 31.1 Å². The minimum absolute atomic E-state index is 0.0697. The Balaban J connectivity index is 1.46. The highest BCUT2D eigenvalue weighted by atomic mass is 16.6. The highest BCUT2D eigenvalue weighted by Gasteiger charge is 2.29. The van der Waals surface area contributed by atoms with Crippen LogP contribution in [-0.2, 0) is 16.0 Å². The van der Waals surface area contributed by atoms with E-state index in [0.29, 0.717) is 17.7 Å². The van der Waals surface area contributed by atoms with Gasteiger partial charge in [0.1, 0.15) is 24.7 Å². The van der Waals surface area contributed by atoms with Gasteiger partial charge in [0.15, 0.2) is 11.9 Å². The van der Waals surface area contributed by atoms with Crippen LogP contribution in [0, 0.1) is 0 Å². The summed E-state index contributed by atoms with van der Waals surface area (Å²) in [6.07, 6.45) is -0.0878. The molecule has 0 aliphatic carbocycles. The molecule has 5 heteroatoms. The molecule has 1 heterocycles. The molecule has 5 nitrogen and oxygen atoms in total. The number of fused-ring (bicyclic) bond motifs is 1. The van der Waals surface area contributed by atoms with E-state index in [1.54, 1.807) is 24.3 Å². The van der Waals surface area contributed by atoms with Gasteiger partial charge in [0, 0.05) is 6.42 Å². The second kappa shape index (κ2) is 7.17. The number of benzene rings is 2. The summed E-state index contributed by atoms with van der Waals surface area (Å²) < 4.78 is 16.3. The number of para-hydroxylation sites is 2. The van der Waals surface area contributed by atoms with E-state index in [4.69, 9.17) is 14.2 Å². The van der Waals surface area contributed by atoms with Gasteiger partial charge in [-0.2, -0.15) is 0 Å². The summed E-state index contributed by atoms with van der Waals surface area (Å²) in [6, 6.07) is 14.5. The molecule has 0 radical (unpaired) electrons. The predicted molar refractivity (Wildman–Crippen MR) is 87.5 cm³/mol. The first kappa shape index (κ1) is 16.1. The Morgan fingerprint density at radius 3 is 2.62 bits per heavy atom. The molecule has 2 aromatic rings. The first-order valence-corrected chi connectivity index (χ1v) is 7.79. The van der Waals surface area contributed by atoms with E-state index in [2.05, 4.69) is 0 Å². The van der Waals surface area contributed by atoms with Crippen LogP contribution in [0.2, 0.25) is 0 Å². The number of hydrogen-bond donors (Lipinski definition) is 0. The first-order chi connectivity index (χ1) is 11.6. The van der Waals surface area contributed by atoms with E-state index in [1.165, 1.54) is 6.92 Å². The molecule has 0 spiro atoms. The molecule has 3 rings (SSSR count). The van der Waals surface area contributed by atoms with Crippen molar-refractivity contribution < 1.29 is 23.8 Å². The molecule has 1 atom stereocenters. The van der Waals surface area contributed by atoms with Gasteiger partial charge >= 0.3 is 5.97 Å². The maximum Gasteiger partial charge on any atom is 0.347 e. The van der Waals surface area contributed by atoms with Crippen molar-refractivity contribution in [3.05, 3.63) is 59.7 Å². The van der Waals surface area contributed by atoms with Crippen molar-refractivity contribution >= 4 is 11.8 Å². The SMILES string of the molecule is CC(=O)c1ccccc1OCCOC(=O)C1Cc2ccccc2O1. The Morgan fingerprint density at radius 2 is 1.83 bits per heavy atom. The minimum atomic E-state index is -0.605. The molecule has 0 fully saturated rings. The van der Waals surface area contributed by atoms with Gasteiger partial charge in [0.2, 0.25) is 0 Å². The van der Waals surface area contributed by atoms with Crippen molar-refractivity contribution in [2.24, 2.45) is 0 Å². The van der Waals surface area contributed by atoms with Crippen molar-refractivity contribution in [3.63, 3.8) is 0 Å². The average molecular weight is 326 g/mol. The maximum absolute atomic E-state index is 12.0. The Hall–Kier alpha value is -2.82. The van der Waals surface area contributed by atoms with Gasteiger partial charge in [0.25, 0.3) is 0 Å². The van der Waals surface area contributed by atoms with Gasteiger partial charge in [-0.05, 0) is 30.7 Å². The van der Waals surface area contributed by atoms with E-state index in [0.717, 1.165) is 11.3 Å². The molecule has 24 heavy (non-hydrogen) atoms. The summed E-state index contributed by atoms with van der Waals surface area (Å²) in [5.41, 5.74) is 1.52. The van der Waals surface area contributed by atoms with E-state index in [1.807, 2.05) is 24.3 Å². The Kier molecular flexibility index (Phi) is 4.79. The summed E-state index contributed by atoms with van der Waals surface area (Å²) in [6.45, 7) is 1.76. The Bertz CT molecular complexity index is 728. The van der Waals surface area contributed by atoms with Crippen molar-refractivity contribution in [3.8, 4) is 11.5 Å². The lowest BCUT2D eigenvalue weighted by Crippen LogP contribution is -2.28. The molecular formula is C19H18O5. The van der Waals surface area contributed by atoms with Crippen molar-refractivity contribution in [2.45, 2.75) is 19.4 Å². The summed E-state index contributed by atoms with van der Waals surface area (Å²) >= 11 is 0. The standard InChI is InChI=1S/C19H18O5/c1-13(20)15-7-3-5-9-17(15)22-10-11-23-19(21)18-12-14-6-2-4-8-16(14)24-18/h2-9,18H,10-12H2,1H3. The number of carbonyl (C=O) groups is 2. The number of hydrogen-bond acceptors (Lipinski definition) is 5. The van der Waals surface area contributed by atoms with Crippen LogP contribution in [0.4, 0.5) is 0 Å². The van der Waals surface area contributed by atoms with Crippen LogP contribution in [0.3, 0.4) is 0 Å². The molecule has 0 amide bonds. The van der Waals surface area contributed by atoms with E-state index < -0.39 is 12.1 Å². The van der Waals surface area contributed by atoms with Crippen LogP contribution >= 0.6 is 0 Å². The van der Waals surface area contributed by atoms with Crippen LogP contribution in [0.1, 0.15) is 22.8 Å². The summed E-state index contributed by atoms with van der Waals surface area (Å²) in [5.74, 6) is 0.742. The van der Waals surface area contributed by atoms with Gasteiger partial charge in [-0.3, -0.25) is 4.79 Å². The molecule has 0 saturated heterocycles. The molecule has 1 unspecified atom stereocenters. The Morgan fingerprint density at radius 1 is 1.08 bits per heavy atom. The predicted octanol–water partition coefficient (Wildman–Crippen LogP) is 2.81. The molecular weight excluding hydrogens is 308 g/mol. The van der Waals surface area contributed by atoms with Crippen molar-refractivity contribution in [1.29, 1.82) is 0 Å². The second-order valence-electron chi connectivity index (χ2n) is 5.49. The number of carbonyl (C=O) groups excluding carboxylic acids is 2. The van der Waals surface area contributed by atoms with Gasteiger partial charge < -0.3 is 14.2 Å². The third kappa shape index (κ3) is 3.56. The smallest absolute Gasteiger partial charge is 0.347 e. The van der Waals surface area contributed by atoms with Crippen molar-refractivity contribution in [1.82, 2.24) is 0 Å². The lowest BCUT2D eigenvalue weighted by molar-refractivity contribution is -0.151. The minimum Gasteiger partial charge on any atom is -0.489 e. The summed E-state index contributed by atoms with van der Waals surface area (Å²) in [5, 5.41) is 0.